The predicted molar refractivity (Wildman–Crippen MR) is 96.0 cm³/mol. The minimum atomic E-state index is -0.886. The van der Waals surface area contributed by atoms with Crippen LogP contribution in [0.2, 0.25) is 0 Å². The van der Waals surface area contributed by atoms with E-state index in [1.165, 1.54) is 0 Å². The normalized spacial score (nSPS) is 26.0. The molecule has 1 amide bonds. The molecule has 132 valence electrons. The van der Waals surface area contributed by atoms with Crippen molar-refractivity contribution in [1.29, 1.82) is 0 Å². The summed E-state index contributed by atoms with van der Waals surface area (Å²) in [5.74, 6) is -0.125. The molecule has 23 heavy (non-hydrogen) atoms. The summed E-state index contributed by atoms with van der Waals surface area (Å²) in [6, 6.07) is 3.68. The lowest BCUT2D eigenvalue weighted by atomic mass is 9.54. The summed E-state index contributed by atoms with van der Waals surface area (Å²) < 4.78 is 5.66. The van der Waals surface area contributed by atoms with Gasteiger partial charge in [0.2, 0.25) is 5.91 Å². The van der Waals surface area contributed by atoms with Gasteiger partial charge in [0.05, 0.1) is 12.1 Å². The fraction of sp³-hybridized carbons (Fsp3) is 0.625. The molecule has 0 radical (unpaired) electrons. The third-order valence-corrected chi connectivity index (χ3v) is 4.77. The molecule has 3 atom stereocenters. The highest BCUT2D eigenvalue weighted by atomic mass is 35.5. The van der Waals surface area contributed by atoms with Gasteiger partial charge >= 0.3 is 0 Å². The molecule has 7 heteroatoms. The Kier molecular flexibility index (Phi) is 7.97. The minimum Gasteiger partial charge on any atom is -0.378 e. The minimum absolute atomic E-state index is 0. The maximum atomic E-state index is 12.6. The number of pyridine rings is 1. The number of rotatable bonds is 5. The van der Waals surface area contributed by atoms with Crippen LogP contribution in [0.5, 0.6) is 0 Å². The third kappa shape index (κ3) is 3.97. The highest BCUT2D eigenvalue weighted by Gasteiger charge is 2.62. The van der Waals surface area contributed by atoms with Crippen molar-refractivity contribution in [3.63, 3.8) is 0 Å². The molecule has 0 saturated heterocycles. The van der Waals surface area contributed by atoms with Crippen LogP contribution in [0.4, 0.5) is 0 Å². The van der Waals surface area contributed by atoms with Crippen LogP contribution in [0.15, 0.2) is 24.5 Å². The molecule has 0 aliphatic heterocycles. The van der Waals surface area contributed by atoms with Crippen molar-refractivity contribution in [2.24, 2.45) is 11.1 Å². The van der Waals surface area contributed by atoms with Gasteiger partial charge in [-0.1, -0.05) is 19.9 Å². The first-order valence-corrected chi connectivity index (χ1v) is 7.44. The largest absolute Gasteiger partial charge is 0.378 e. The van der Waals surface area contributed by atoms with E-state index in [0.29, 0.717) is 13.0 Å². The predicted octanol–water partition coefficient (Wildman–Crippen LogP) is 2.63. The van der Waals surface area contributed by atoms with Crippen LogP contribution in [0.25, 0.3) is 0 Å². The molecule has 1 aromatic heterocycles. The molecule has 1 aliphatic carbocycles. The average molecular weight is 364 g/mol. The molecule has 0 aromatic carbocycles. The summed E-state index contributed by atoms with van der Waals surface area (Å²) in [6.07, 6.45) is 4.05. The molecular weight excluding hydrogens is 337 g/mol. The summed E-state index contributed by atoms with van der Waals surface area (Å²) in [6.45, 7) is 8.51. The van der Waals surface area contributed by atoms with Gasteiger partial charge in [-0.15, -0.1) is 24.8 Å². The molecule has 1 fully saturated rings. The summed E-state index contributed by atoms with van der Waals surface area (Å²) in [5, 5.41) is 3.00. The van der Waals surface area contributed by atoms with Crippen molar-refractivity contribution >= 4 is 30.7 Å². The number of hydrogen-bond donors (Lipinski definition) is 2. The topological polar surface area (TPSA) is 77.2 Å². The molecule has 1 aromatic rings. The van der Waals surface area contributed by atoms with E-state index in [4.69, 9.17) is 10.5 Å². The van der Waals surface area contributed by atoms with Crippen molar-refractivity contribution in [3.05, 3.63) is 30.1 Å². The summed E-state index contributed by atoms with van der Waals surface area (Å²) in [4.78, 5) is 16.7. The number of ether oxygens (including phenoxy) is 1. The molecule has 1 heterocycles. The van der Waals surface area contributed by atoms with Crippen LogP contribution in [0.3, 0.4) is 0 Å². The van der Waals surface area contributed by atoms with Crippen LogP contribution in [-0.2, 0) is 9.53 Å². The van der Waals surface area contributed by atoms with Crippen LogP contribution in [-0.4, -0.2) is 29.1 Å². The Morgan fingerprint density at radius 1 is 1.52 bits per heavy atom. The quantitative estimate of drug-likeness (QED) is 0.842. The molecule has 0 spiro atoms. The fourth-order valence-electron chi connectivity index (χ4n) is 2.86. The Balaban J connectivity index is 0.00000242. The van der Waals surface area contributed by atoms with Crippen LogP contribution >= 0.6 is 24.8 Å². The zero-order valence-corrected chi connectivity index (χ0v) is 15.7. The van der Waals surface area contributed by atoms with Crippen LogP contribution in [0.1, 0.15) is 45.7 Å². The number of nitrogens with two attached hydrogens (primary N) is 1. The lowest BCUT2D eigenvalue weighted by molar-refractivity contribution is -0.171. The summed E-state index contributed by atoms with van der Waals surface area (Å²) >= 11 is 0. The van der Waals surface area contributed by atoms with E-state index in [1.54, 1.807) is 12.4 Å². The molecule has 2 unspecified atom stereocenters. The monoisotopic (exact) mass is 363 g/mol. The maximum Gasteiger partial charge on any atom is 0.241 e. The van der Waals surface area contributed by atoms with Gasteiger partial charge in [0.15, 0.2) is 0 Å². The first-order chi connectivity index (χ1) is 9.83. The van der Waals surface area contributed by atoms with Crippen LogP contribution in [0, 0.1) is 5.41 Å². The van der Waals surface area contributed by atoms with Gasteiger partial charge in [0.25, 0.3) is 0 Å². The molecular formula is C16H27Cl2N3O2. The number of carbonyl (C=O) groups is 1. The Bertz CT molecular complexity index is 513. The lowest BCUT2D eigenvalue weighted by Crippen LogP contribution is -2.75. The van der Waals surface area contributed by atoms with Gasteiger partial charge in [-0.25, -0.2) is 0 Å². The van der Waals surface area contributed by atoms with Crippen molar-refractivity contribution in [2.75, 3.05) is 6.61 Å². The smallest absolute Gasteiger partial charge is 0.241 e. The molecule has 3 N–H and O–H groups in total. The number of nitrogens with one attached hydrogen (secondary N) is 1. The SMILES string of the molecule is CCOC1CC(N)(C(=O)N[C@@H](C)c2cccnc2)C1(C)C.Cl.Cl. The second kappa shape index (κ2) is 8.29. The standard InChI is InChI=1S/C16H25N3O2.2ClH/c1-5-21-13-9-16(17,15(13,3)4)14(20)19-11(2)12-7-6-8-18-10-12;;/h6-8,10-11,13H,5,9,17H2,1-4H3,(H,19,20);2*1H/t11-,13?,16?;;/m0../s1. The second-order valence-corrected chi connectivity index (χ2v) is 6.32. The number of amides is 1. The molecule has 0 bridgehead atoms. The molecule has 5 nitrogen and oxygen atoms in total. The average Bonchev–Trinajstić information content (AvgIpc) is 2.47. The Hall–Kier alpha value is -0.880. The number of aromatic nitrogens is 1. The van der Waals surface area contributed by atoms with Crippen molar-refractivity contribution in [2.45, 2.75) is 51.8 Å². The highest BCUT2D eigenvalue weighted by Crippen LogP contribution is 2.50. The fourth-order valence-corrected chi connectivity index (χ4v) is 2.86. The zero-order chi connectivity index (χ0) is 15.7. The first-order valence-electron chi connectivity index (χ1n) is 7.44. The Morgan fingerprint density at radius 2 is 2.17 bits per heavy atom. The molecule has 1 saturated carbocycles. The zero-order valence-electron chi connectivity index (χ0n) is 14.0. The molecule has 1 aliphatic rings. The third-order valence-electron chi connectivity index (χ3n) is 4.77. The van der Waals surface area contributed by atoms with Gasteiger partial charge in [-0.3, -0.25) is 9.78 Å². The number of halogens is 2. The van der Waals surface area contributed by atoms with E-state index in [1.807, 2.05) is 39.8 Å². The lowest BCUT2D eigenvalue weighted by Gasteiger charge is -2.57. The van der Waals surface area contributed by atoms with Crippen molar-refractivity contribution < 1.29 is 9.53 Å². The number of nitrogens with zero attached hydrogens (tertiary/aromatic N) is 1. The Labute approximate surface area is 150 Å². The molecule has 2 rings (SSSR count). The van der Waals surface area contributed by atoms with E-state index in [2.05, 4.69) is 10.3 Å². The van der Waals surface area contributed by atoms with Gasteiger partial charge < -0.3 is 15.8 Å². The van der Waals surface area contributed by atoms with E-state index >= 15 is 0 Å². The highest BCUT2D eigenvalue weighted by molar-refractivity contribution is 5.89. The summed E-state index contributed by atoms with van der Waals surface area (Å²) in [7, 11) is 0. The van der Waals surface area contributed by atoms with Gasteiger partial charge in [-0.05, 0) is 25.5 Å². The van der Waals surface area contributed by atoms with E-state index in [9.17, 15) is 4.79 Å². The van der Waals surface area contributed by atoms with Gasteiger partial charge in [0, 0.05) is 30.8 Å². The van der Waals surface area contributed by atoms with Gasteiger partial charge in [-0.2, -0.15) is 0 Å². The number of carbonyl (C=O) groups excluding carboxylic acids is 1. The van der Waals surface area contributed by atoms with E-state index < -0.39 is 5.54 Å². The summed E-state index contributed by atoms with van der Waals surface area (Å²) in [5.41, 5.74) is 6.07. The van der Waals surface area contributed by atoms with Crippen LogP contribution < -0.4 is 11.1 Å². The first kappa shape index (κ1) is 22.1. The van der Waals surface area contributed by atoms with E-state index in [0.717, 1.165) is 5.56 Å². The number of hydrogen-bond acceptors (Lipinski definition) is 4. The second-order valence-electron chi connectivity index (χ2n) is 6.32. The Morgan fingerprint density at radius 3 is 2.65 bits per heavy atom. The van der Waals surface area contributed by atoms with Crippen molar-refractivity contribution in [1.82, 2.24) is 10.3 Å². The van der Waals surface area contributed by atoms with E-state index in [-0.39, 0.29) is 48.3 Å². The van der Waals surface area contributed by atoms with Crippen molar-refractivity contribution in [3.8, 4) is 0 Å². The van der Waals surface area contributed by atoms with Gasteiger partial charge in [0.1, 0.15) is 5.54 Å². The maximum absolute atomic E-state index is 12.6.